The molecule has 0 aliphatic rings. The third kappa shape index (κ3) is 4.42. The fourth-order valence-electron chi connectivity index (χ4n) is 2.55. The molecule has 0 aliphatic heterocycles. The molecule has 3 rings (SSSR count). The Kier molecular flexibility index (Phi) is 5.72. The molecular weight excluding hydrogens is 468 g/mol. The molecule has 170 valence electrons. The molecule has 0 saturated carbocycles. The average molecular weight is 478 g/mol. The van der Waals surface area contributed by atoms with E-state index in [9.17, 15) is 43.6 Å². The fraction of sp³-hybridized carbons (Fsp3) is 0. The molecule has 0 aliphatic carbocycles. The summed E-state index contributed by atoms with van der Waals surface area (Å²) in [5.74, 6) is -2.50. The van der Waals surface area contributed by atoms with Crippen LogP contribution in [-0.2, 0) is 10.0 Å². The van der Waals surface area contributed by atoms with Crippen molar-refractivity contribution < 1.29 is 32.7 Å². The van der Waals surface area contributed by atoms with Crippen molar-refractivity contribution >= 4 is 38.9 Å². The minimum Gasteiger partial charge on any atom is -0.402 e. The minimum absolute atomic E-state index is 0.293. The van der Waals surface area contributed by atoms with Gasteiger partial charge in [-0.1, -0.05) is 0 Å². The smallest absolute Gasteiger partial charge is 0.351 e. The Morgan fingerprint density at radius 2 is 1.48 bits per heavy atom. The molecule has 2 aromatic carbocycles. The van der Waals surface area contributed by atoms with E-state index in [2.05, 4.69) is 5.10 Å². The number of hydrogen-bond donors (Lipinski definition) is 1. The maximum atomic E-state index is 12.7. The summed E-state index contributed by atoms with van der Waals surface area (Å²) in [7, 11) is -4.44. The van der Waals surface area contributed by atoms with Crippen molar-refractivity contribution in [3.05, 3.63) is 84.4 Å². The van der Waals surface area contributed by atoms with Crippen LogP contribution < -0.4 is 10.5 Å². The van der Waals surface area contributed by atoms with Crippen molar-refractivity contribution in [2.45, 2.75) is 4.90 Å². The predicted molar refractivity (Wildman–Crippen MR) is 107 cm³/mol. The lowest BCUT2D eigenvalue weighted by molar-refractivity contribution is -0.394. The minimum atomic E-state index is -4.44. The topological polar surface area (TPSA) is 234 Å². The van der Waals surface area contributed by atoms with Crippen LogP contribution in [0.4, 0.5) is 22.9 Å². The number of nitrogen functional groups attached to an aromatic ring is 1. The molecule has 3 aromatic rings. The molecule has 0 atom stereocenters. The Bertz CT molecular complexity index is 1410. The molecule has 0 radical (unpaired) electrons. The number of nitro benzene ring substituents is 3. The number of ether oxygens (including phenoxy) is 1. The molecule has 0 fully saturated rings. The van der Waals surface area contributed by atoms with Crippen molar-refractivity contribution in [2.75, 3.05) is 5.73 Å². The summed E-state index contributed by atoms with van der Waals surface area (Å²) >= 11 is 0. The van der Waals surface area contributed by atoms with Crippen molar-refractivity contribution in [2.24, 2.45) is 0 Å². The van der Waals surface area contributed by atoms with Crippen molar-refractivity contribution in [3.8, 4) is 5.88 Å². The number of non-ortho nitro benzene ring substituents is 2. The fourth-order valence-corrected chi connectivity index (χ4v) is 3.75. The monoisotopic (exact) mass is 478 g/mol. The second kappa shape index (κ2) is 8.30. The molecule has 16 nitrogen and oxygen atoms in total. The number of carbonyl (C=O) groups excluding carboxylic acids is 1. The van der Waals surface area contributed by atoms with Crippen molar-refractivity contribution in [3.63, 3.8) is 0 Å². The summed E-state index contributed by atoms with van der Waals surface area (Å²) in [6.45, 7) is 0. The second-order valence-corrected chi connectivity index (χ2v) is 7.88. The zero-order chi connectivity index (χ0) is 24.5. The number of anilines is 1. The number of nitro groups is 3. The molecule has 0 amide bonds. The highest BCUT2D eigenvalue weighted by Crippen LogP contribution is 2.27. The van der Waals surface area contributed by atoms with Crippen LogP contribution in [0.5, 0.6) is 5.88 Å². The molecule has 2 N–H and O–H groups in total. The van der Waals surface area contributed by atoms with Crippen LogP contribution >= 0.6 is 0 Å². The van der Waals surface area contributed by atoms with Crippen molar-refractivity contribution in [1.82, 2.24) is 9.19 Å². The first kappa shape index (κ1) is 22.7. The molecule has 17 heteroatoms. The Hall–Kier alpha value is -4.93. The predicted octanol–water partition coefficient (Wildman–Crippen LogP) is 1.65. The first-order chi connectivity index (χ1) is 15.4. The standard InChI is InChI=1S/C16H10N6O10S/c17-14-8-15(18-19(14)33(30,31)11-4-1-9(2-5-11)20(24)25)32-16(23)12-6-3-10(21(26)27)7-13(12)22(28)29/h1-8H,17H2. The molecule has 0 spiro atoms. The zero-order valence-corrected chi connectivity index (χ0v) is 16.7. The van der Waals surface area contributed by atoms with Gasteiger partial charge >= 0.3 is 5.97 Å². The van der Waals surface area contributed by atoms with Gasteiger partial charge in [0.1, 0.15) is 11.4 Å². The summed E-state index contributed by atoms with van der Waals surface area (Å²) in [6, 6.07) is 6.83. The van der Waals surface area contributed by atoms with E-state index < -0.39 is 64.3 Å². The summed E-state index contributed by atoms with van der Waals surface area (Å²) in [4.78, 5) is 42.0. The van der Waals surface area contributed by atoms with Gasteiger partial charge in [-0.15, -0.1) is 9.19 Å². The lowest BCUT2D eigenvalue weighted by atomic mass is 10.1. The molecule has 1 aromatic heterocycles. The summed E-state index contributed by atoms with van der Waals surface area (Å²) in [5.41, 5.74) is 3.06. The van der Waals surface area contributed by atoms with E-state index in [0.29, 0.717) is 10.2 Å². The highest BCUT2D eigenvalue weighted by atomic mass is 32.2. The van der Waals surface area contributed by atoms with Crippen LogP contribution in [-0.4, -0.2) is 38.3 Å². The van der Waals surface area contributed by atoms with Gasteiger partial charge in [0.2, 0.25) is 5.88 Å². The Morgan fingerprint density at radius 3 is 2.03 bits per heavy atom. The Balaban J connectivity index is 1.92. The van der Waals surface area contributed by atoms with Crippen LogP contribution in [0.3, 0.4) is 0 Å². The number of rotatable bonds is 7. The van der Waals surface area contributed by atoms with Crippen molar-refractivity contribution in [1.29, 1.82) is 0 Å². The van der Waals surface area contributed by atoms with Crippen LogP contribution in [0, 0.1) is 30.3 Å². The maximum absolute atomic E-state index is 12.7. The van der Waals surface area contributed by atoms with E-state index in [4.69, 9.17) is 10.5 Å². The lowest BCUT2D eigenvalue weighted by Crippen LogP contribution is -2.17. The molecule has 0 saturated heterocycles. The van der Waals surface area contributed by atoms with E-state index in [1.54, 1.807) is 0 Å². The van der Waals surface area contributed by atoms with E-state index in [1.165, 1.54) is 0 Å². The van der Waals surface area contributed by atoms with Gasteiger partial charge in [0.15, 0.2) is 0 Å². The van der Waals surface area contributed by atoms with Gasteiger partial charge in [0, 0.05) is 24.3 Å². The van der Waals surface area contributed by atoms with E-state index in [-0.39, 0.29) is 5.69 Å². The highest BCUT2D eigenvalue weighted by molar-refractivity contribution is 7.90. The largest absolute Gasteiger partial charge is 0.402 e. The number of benzene rings is 2. The second-order valence-electron chi connectivity index (χ2n) is 6.11. The number of carbonyl (C=O) groups is 1. The first-order valence-corrected chi connectivity index (χ1v) is 9.86. The van der Waals surface area contributed by atoms with Gasteiger partial charge in [0.25, 0.3) is 27.1 Å². The van der Waals surface area contributed by atoms with Crippen LogP contribution in [0.1, 0.15) is 10.4 Å². The molecule has 1 heterocycles. The summed E-state index contributed by atoms with van der Waals surface area (Å²) in [6.07, 6.45) is 0. The summed E-state index contributed by atoms with van der Waals surface area (Å²) < 4.78 is 30.6. The maximum Gasteiger partial charge on any atom is 0.351 e. The van der Waals surface area contributed by atoms with Gasteiger partial charge in [-0.05, 0) is 18.2 Å². The van der Waals surface area contributed by atoms with Crippen LogP contribution in [0.15, 0.2) is 53.4 Å². The van der Waals surface area contributed by atoms with Crippen LogP contribution in [0.2, 0.25) is 0 Å². The van der Waals surface area contributed by atoms with E-state index >= 15 is 0 Å². The number of aromatic nitrogens is 2. The zero-order valence-electron chi connectivity index (χ0n) is 15.9. The first-order valence-electron chi connectivity index (χ1n) is 8.42. The quantitative estimate of drug-likeness (QED) is 0.290. The van der Waals surface area contributed by atoms with Gasteiger partial charge in [-0.2, -0.15) is 8.42 Å². The third-order valence-corrected chi connectivity index (χ3v) is 5.68. The molecule has 0 bridgehead atoms. The number of hydrogen-bond acceptors (Lipinski definition) is 12. The number of esters is 1. The highest BCUT2D eigenvalue weighted by Gasteiger charge is 2.28. The third-order valence-electron chi connectivity index (χ3n) is 4.06. The Labute approximate surface area is 182 Å². The Morgan fingerprint density at radius 1 is 0.909 bits per heavy atom. The van der Waals surface area contributed by atoms with E-state index in [1.807, 2.05) is 0 Å². The SMILES string of the molecule is Nc1cc(OC(=O)c2ccc([N+](=O)[O-])cc2[N+](=O)[O-])nn1S(=O)(=O)c1ccc([N+](=O)[O-])cc1. The molecular formula is C16H10N6O10S. The van der Waals surface area contributed by atoms with Gasteiger partial charge < -0.3 is 10.5 Å². The van der Waals surface area contributed by atoms with Crippen LogP contribution in [0.25, 0.3) is 0 Å². The average Bonchev–Trinajstić information content (AvgIpc) is 3.13. The molecule has 33 heavy (non-hydrogen) atoms. The number of nitrogens with two attached hydrogens (primary N) is 1. The summed E-state index contributed by atoms with van der Waals surface area (Å²) in [5, 5.41) is 36.3. The van der Waals surface area contributed by atoms with Gasteiger partial charge in [-0.25, -0.2) is 4.79 Å². The lowest BCUT2D eigenvalue weighted by Gasteiger charge is -2.05. The van der Waals surface area contributed by atoms with Gasteiger partial charge in [-0.3, -0.25) is 30.3 Å². The van der Waals surface area contributed by atoms with E-state index in [0.717, 1.165) is 42.5 Å². The molecule has 0 unspecified atom stereocenters. The number of nitrogens with zero attached hydrogens (tertiary/aromatic N) is 5. The van der Waals surface area contributed by atoms with Gasteiger partial charge in [0.05, 0.1) is 25.7 Å². The normalized spacial score (nSPS) is 11.0.